The Labute approximate surface area is 152 Å². The molecule has 0 amide bonds. The van der Waals surface area contributed by atoms with Crippen LogP contribution in [0.25, 0.3) is 0 Å². The number of hydrogen-bond donors (Lipinski definition) is 0. The van der Waals surface area contributed by atoms with E-state index in [4.69, 9.17) is 9.16 Å². The summed E-state index contributed by atoms with van der Waals surface area (Å²) < 4.78 is 25.4. The van der Waals surface area contributed by atoms with Gasteiger partial charge in [-0.15, -0.1) is 0 Å². The van der Waals surface area contributed by atoms with Gasteiger partial charge in [0.1, 0.15) is 5.82 Å². The van der Waals surface area contributed by atoms with Crippen molar-refractivity contribution in [1.29, 1.82) is 0 Å². The Morgan fingerprint density at radius 1 is 1.32 bits per heavy atom. The predicted octanol–water partition coefficient (Wildman–Crippen LogP) is 5.06. The van der Waals surface area contributed by atoms with Crippen LogP contribution >= 0.6 is 0 Å². The highest BCUT2D eigenvalue weighted by Gasteiger charge is 2.45. The van der Waals surface area contributed by atoms with Gasteiger partial charge in [-0.2, -0.15) is 0 Å². The van der Waals surface area contributed by atoms with E-state index in [-0.39, 0.29) is 28.7 Å². The Balaban J connectivity index is 1.98. The second-order valence-electron chi connectivity index (χ2n) is 8.41. The van der Waals surface area contributed by atoms with E-state index < -0.39 is 8.32 Å². The third kappa shape index (κ3) is 4.91. The summed E-state index contributed by atoms with van der Waals surface area (Å²) >= 11 is 0. The molecule has 0 saturated heterocycles. The van der Waals surface area contributed by atoms with Crippen LogP contribution in [-0.2, 0) is 20.4 Å². The zero-order valence-electron chi connectivity index (χ0n) is 16.3. The second-order valence-corrected chi connectivity index (χ2v) is 13.2. The molecular weight excluding hydrogens is 335 g/mol. The Hall–Kier alpha value is -1.20. The number of hydrogen-bond acceptors (Lipinski definition) is 3. The lowest BCUT2D eigenvalue weighted by Gasteiger charge is -2.36. The lowest BCUT2D eigenvalue weighted by atomic mass is 10.0. The molecule has 0 radical (unpaired) electrons. The summed E-state index contributed by atoms with van der Waals surface area (Å²) in [5.41, 5.74) is 1.70. The van der Waals surface area contributed by atoms with Crippen LogP contribution in [0.15, 0.2) is 18.2 Å². The first-order chi connectivity index (χ1) is 11.6. The summed E-state index contributed by atoms with van der Waals surface area (Å²) in [5, 5.41) is 0.147. The SMILES string of the molecule is CCOC(=O)C1CC1c1ccc(F)c(CCO[Si](C)(C)C(C)(C)C)c1. The Kier molecular flexibility index (Phi) is 6.10. The van der Waals surface area contributed by atoms with Gasteiger partial charge >= 0.3 is 5.97 Å². The highest BCUT2D eigenvalue weighted by atomic mass is 28.4. The van der Waals surface area contributed by atoms with E-state index in [9.17, 15) is 9.18 Å². The van der Waals surface area contributed by atoms with Crippen LogP contribution in [0.4, 0.5) is 4.39 Å². The summed E-state index contributed by atoms with van der Waals surface area (Å²) in [5.74, 6) is -0.239. The maximum atomic E-state index is 14.1. The molecule has 0 bridgehead atoms. The van der Waals surface area contributed by atoms with Crippen molar-refractivity contribution >= 4 is 14.3 Å². The van der Waals surface area contributed by atoms with Crippen LogP contribution in [-0.4, -0.2) is 27.5 Å². The van der Waals surface area contributed by atoms with Crippen molar-refractivity contribution in [2.24, 2.45) is 5.92 Å². The third-order valence-electron chi connectivity index (χ3n) is 5.52. The van der Waals surface area contributed by atoms with Gasteiger partial charge in [-0.25, -0.2) is 4.39 Å². The minimum absolute atomic E-state index is 0.0678. The Bertz CT molecular complexity index is 622. The molecule has 0 N–H and O–H groups in total. The van der Waals surface area contributed by atoms with Crippen LogP contribution in [0.5, 0.6) is 0 Å². The quantitative estimate of drug-likeness (QED) is 0.500. The second kappa shape index (κ2) is 7.58. The number of ether oxygens (including phenoxy) is 1. The topological polar surface area (TPSA) is 35.5 Å². The van der Waals surface area contributed by atoms with E-state index in [0.717, 1.165) is 12.0 Å². The van der Waals surface area contributed by atoms with Gasteiger partial charge in [0.2, 0.25) is 0 Å². The molecule has 5 heteroatoms. The fraction of sp³-hybridized carbons (Fsp3) is 0.650. The smallest absolute Gasteiger partial charge is 0.309 e. The molecule has 3 nitrogen and oxygen atoms in total. The van der Waals surface area contributed by atoms with Crippen molar-refractivity contribution in [1.82, 2.24) is 0 Å². The molecule has 1 saturated carbocycles. The van der Waals surface area contributed by atoms with Crippen molar-refractivity contribution in [3.63, 3.8) is 0 Å². The Morgan fingerprint density at radius 2 is 2.00 bits per heavy atom. The number of carbonyl (C=O) groups is 1. The van der Waals surface area contributed by atoms with Gasteiger partial charge in [-0.05, 0) is 61.0 Å². The molecule has 0 aliphatic heterocycles. The number of esters is 1. The third-order valence-corrected chi connectivity index (χ3v) is 10.1. The van der Waals surface area contributed by atoms with E-state index in [2.05, 4.69) is 33.9 Å². The maximum Gasteiger partial charge on any atom is 0.309 e. The molecule has 1 aromatic carbocycles. The predicted molar refractivity (Wildman–Crippen MR) is 101 cm³/mol. The summed E-state index contributed by atoms with van der Waals surface area (Å²) in [4.78, 5) is 11.8. The zero-order chi connectivity index (χ0) is 18.8. The molecule has 0 spiro atoms. The van der Waals surface area contributed by atoms with Gasteiger partial charge in [0.15, 0.2) is 8.32 Å². The largest absolute Gasteiger partial charge is 0.466 e. The number of rotatable bonds is 7. The molecule has 1 aromatic rings. The summed E-state index contributed by atoms with van der Waals surface area (Å²) in [7, 11) is -1.82. The average molecular weight is 367 g/mol. The highest BCUT2D eigenvalue weighted by Crippen LogP contribution is 2.48. The first kappa shape index (κ1) is 20.1. The van der Waals surface area contributed by atoms with Crippen molar-refractivity contribution < 1.29 is 18.3 Å². The van der Waals surface area contributed by atoms with Gasteiger partial charge in [-0.1, -0.05) is 32.9 Å². The lowest BCUT2D eigenvalue weighted by molar-refractivity contribution is -0.144. The van der Waals surface area contributed by atoms with Crippen LogP contribution in [0.3, 0.4) is 0 Å². The molecule has 2 rings (SSSR count). The summed E-state index contributed by atoms with van der Waals surface area (Å²) in [6.45, 7) is 13.7. The van der Waals surface area contributed by atoms with E-state index in [1.807, 2.05) is 13.0 Å². The monoisotopic (exact) mass is 366 g/mol. The number of benzene rings is 1. The maximum absolute atomic E-state index is 14.1. The van der Waals surface area contributed by atoms with E-state index >= 15 is 0 Å². The van der Waals surface area contributed by atoms with Gasteiger partial charge in [-0.3, -0.25) is 4.79 Å². The lowest BCUT2D eigenvalue weighted by Crippen LogP contribution is -2.41. The summed E-state index contributed by atoms with van der Waals surface area (Å²) in [6, 6.07) is 5.20. The van der Waals surface area contributed by atoms with Crippen molar-refractivity contribution in [3.05, 3.63) is 35.1 Å². The Morgan fingerprint density at radius 3 is 2.60 bits per heavy atom. The first-order valence-corrected chi connectivity index (χ1v) is 12.1. The fourth-order valence-electron chi connectivity index (χ4n) is 2.72. The fourth-order valence-corrected chi connectivity index (χ4v) is 3.77. The number of halogens is 1. The van der Waals surface area contributed by atoms with E-state index in [1.165, 1.54) is 6.07 Å². The minimum Gasteiger partial charge on any atom is -0.466 e. The molecule has 2 atom stereocenters. The highest BCUT2D eigenvalue weighted by molar-refractivity contribution is 6.74. The van der Waals surface area contributed by atoms with E-state index in [0.29, 0.717) is 25.2 Å². The summed E-state index contributed by atoms with van der Waals surface area (Å²) in [6.07, 6.45) is 1.35. The van der Waals surface area contributed by atoms with Crippen molar-refractivity contribution in [3.8, 4) is 0 Å². The van der Waals surface area contributed by atoms with Gasteiger partial charge in [0.25, 0.3) is 0 Å². The van der Waals surface area contributed by atoms with Crippen LogP contribution in [0, 0.1) is 11.7 Å². The normalized spacial score (nSPS) is 20.4. The van der Waals surface area contributed by atoms with Gasteiger partial charge < -0.3 is 9.16 Å². The minimum atomic E-state index is -1.82. The molecule has 140 valence electrons. The molecule has 1 aliphatic carbocycles. The molecule has 25 heavy (non-hydrogen) atoms. The first-order valence-electron chi connectivity index (χ1n) is 9.15. The van der Waals surface area contributed by atoms with E-state index in [1.54, 1.807) is 6.07 Å². The molecule has 0 aromatic heterocycles. The van der Waals surface area contributed by atoms with Crippen LogP contribution in [0.2, 0.25) is 18.1 Å². The van der Waals surface area contributed by atoms with Gasteiger partial charge in [0, 0.05) is 6.61 Å². The molecule has 1 fully saturated rings. The standard InChI is InChI=1S/C20H31FO3Si/c1-7-23-19(22)17-13-16(17)14-8-9-18(21)15(12-14)10-11-24-25(5,6)20(2,3)4/h8-9,12,16-17H,7,10-11,13H2,1-6H3. The molecule has 2 unspecified atom stereocenters. The number of carbonyl (C=O) groups excluding carboxylic acids is 1. The van der Waals surface area contributed by atoms with Crippen molar-refractivity contribution in [2.75, 3.05) is 13.2 Å². The molecule has 1 aliphatic rings. The molecular formula is C20H31FO3Si. The molecule has 0 heterocycles. The van der Waals surface area contributed by atoms with Gasteiger partial charge in [0.05, 0.1) is 12.5 Å². The average Bonchev–Trinajstić information content (AvgIpc) is 3.28. The zero-order valence-corrected chi connectivity index (χ0v) is 17.3. The van der Waals surface area contributed by atoms with Crippen LogP contribution in [0.1, 0.15) is 51.2 Å². The van der Waals surface area contributed by atoms with Crippen molar-refractivity contribution in [2.45, 2.75) is 64.6 Å². The van der Waals surface area contributed by atoms with Crippen LogP contribution < -0.4 is 0 Å².